The molecule has 96 valence electrons. The van der Waals surface area contributed by atoms with E-state index in [2.05, 4.69) is 9.97 Å². The van der Waals surface area contributed by atoms with Crippen molar-refractivity contribution in [3.8, 4) is 11.5 Å². The summed E-state index contributed by atoms with van der Waals surface area (Å²) < 4.78 is 0. The number of rotatable bonds is 0. The van der Waals surface area contributed by atoms with Crippen molar-refractivity contribution in [1.82, 2.24) is 9.97 Å². The highest BCUT2D eigenvalue weighted by Crippen LogP contribution is 2.17. The van der Waals surface area contributed by atoms with Crippen LogP contribution in [-0.4, -0.2) is 20.2 Å². The molecule has 0 aliphatic rings. The lowest BCUT2D eigenvalue weighted by atomic mass is 10.3. The Labute approximate surface area is 103 Å². The lowest BCUT2D eigenvalue weighted by Gasteiger charge is -2.01. The van der Waals surface area contributed by atoms with Gasteiger partial charge in [0, 0.05) is 6.07 Å². The third kappa shape index (κ3) is 3.59. The smallest absolute Gasteiger partial charge is 0.224 e. The van der Waals surface area contributed by atoms with Crippen LogP contribution in [-0.2, 0) is 0 Å². The minimum Gasteiger partial charge on any atom is -0.508 e. The number of anilines is 4. The van der Waals surface area contributed by atoms with Crippen LogP contribution in [0, 0.1) is 0 Å². The van der Waals surface area contributed by atoms with Crippen LogP contribution >= 0.6 is 0 Å². The summed E-state index contributed by atoms with van der Waals surface area (Å²) in [6.45, 7) is 0. The van der Waals surface area contributed by atoms with Crippen molar-refractivity contribution in [1.29, 1.82) is 0 Å². The minimum absolute atomic E-state index is 0.0317. The molecule has 8 heteroatoms. The summed E-state index contributed by atoms with van der Waals surface area (Å²) in [5, 5.41) is 17.3. The molecule has 10 N–H and O–H groups in total. The van der Waals surface area contributed by atoms with Crippen LogP contribution < -0.4 is 22.9 Å². The van der Waals surface area contributed by atoms with Crippen LogP contribution in [0.2, 0.25) is 0 Å². The van der Waals surface area contributed by atoms with Crippen LogP contribution in [0.4, 0.5) is 23.3 Å². The van der Waals surface area contributed by atoms with Crippen LogP contribution in [0.15, 0.2) is 24.3 Å². The van der Waals surface area contributed by atoms with E-state index in [9.17, 15) is 0 Å². The Morgan fingerprint density at radius 2 is 1.28 bits per heavy atom. The summed E-state index contributed by atoms with van der Waals surface area (Å²) >= 11 is 0. The number of phenolic OH excluding ortho intramolecular Hbond substituents is 2. The van der Waals surface area contributed by atoms with Gasteiger partial charge in [-0.15, -0.1) is 0 Å². The molecular weight excluding hydrogens is 236 g/mol. The number of nitrogens with two attached hydrogens (primary N) is 4. The fraction of sp³-hybridized carbons (Fsp3) is 0. The molecule has 0 aliphatic heterocycles. The predicted molar refractivity (Wildman–Crippen MR) is 69.5 cm³/mol. The van der Waals surface area contributed by atoms with Gasteiger partial charge in [-0.1, -0.05) is 6.07 Å². The zero-order chi connectivity index (χ0) is 13.7. The van der Waals surface area contributed by atoms with Gasteiger partial charge in [0.1, 0.15) is 17.2 Å². The molecule has 18 heavy (non-hydrogen) atoms. The van der Waals surface area contributed by atoms with E-state index in [0.717, 1.165) is 0 Å². The van der Waals surface area contributed by atoms with Crippen LogP contribution in [0.5, 0.6) is 11.5 Å². The Morgan fingerprint density at radius 3 is 1.61 bits per heavy atom. The van der Waals surface area contributed by atoms with Crippen LogP contribution in [0.1, 0.15) is 0 Å². The van der Waals surface area contributed by atoms with Crippen molar-refractivity contribution < 1.29 is 10.2 Å². The van der Waals surface area contributed by atoms with Gasteiger partial charge in [-0.2, -0.15) is 9.97 Å². The average molecular weight is 250 g/mol. The number of nitrogen functional groups attached to an aromatic ring is 4. The highest BCUT2D eigenvalue weighted by Gasteiger charge is 2.02. The van der Waals surface area contributed by atoms with Gasteiger partial charge in [-0.25, -0.2) is 0 Å². The Hall–Kier alpha value is -2.90. The predicted octanol–water partition coefficient (Wildman–Crippen LogP) is -0.0968. The summed E-state index contributed by atoms with van der Waals surface area (Å²) in [6, 6.07) is 5.85. The van der Waals surface area contributed by atoms with Crippen molar-refractivity contribution in [2.45, 2.75) is 0 Å². The van der Waals surface area contributed by atoms with E-state index in [1.807, 2.05) is 0 Å². The second-order valence-electron chi connectivity index (χ2n) is 3.29. The average Bonchev–Trinajstić information content (AvgIpc) is 2.26. The Kier molecular flexibility index (Phi) is 3.98. The first-order chi connectivity index (χ1) is 8.40. The summed E-state index contributed by atoms with van der Waals surface area (Å²) in [4.78, 5) is 7.15. The highest BCUT2D eigenvalue weighted by molar-refractivity contribution is 5.71. The number of phenols is 2. The van der Waals surface area contributed by atoms with E-state index >= 15 is 0 Å². The molecular formula is C10H14N6O2. The number of aromatic hydroxyl groups is 2. The molecule has 0 spiro atoms. The zero-order valence-electron chi connectivity index (χ0n) is 9.41. The molecule has 1 aromatic heterocycles. The summed E-state index contributed by atoms with van der Waals surface area (Å²) in [6.07, 6.45) is 0. The van der Waals surface area contributed by atoms with Gasteiger partial charge in [0.2, 0.25) is 5.95 Å². The van der Waals surface area contributed by atoms with Crippen LogP contribution in [0.25, 0.3) is 0 Å². The van der Waals surface area contributed by atoms with Gasteiger partial charge < -0.3 is 33.1 Å². The number of aromatic nitrogens is 2. The molecule has 0 saturated heterocycles. The minimum atomic E-state index is 0.0317. The molecule has 1 heterocycles. The number of nitrogens with zero attached hydrogens (tertiary/aromatic N) is 2. The number of hydrogen-bond donors (Lipinski definition) is 6. The summed E-state index contributed by atoms with van der Waals surface area (Å²) in [5.41, 5.74) is 21.3. The van der Waals surface area contributed by atoms with Gasteiger partial charge in [-0.3, -0.25) is 0 Å². The molecule has 0 atom stereocenters. The van der Waals surface area contributed by atoms with Gasteiger partial charge in [-0.05, 0) is 12.1 Å². The first-order valence-corrected chi connectivity index (χ1v) is 4.82. The molecule has 0 amide bonds. The Balaban J connectivity index is 0.000000184. The van der Waals surface area contributed by atoms with E-state index in [1.54, 1.807) is 6.07 Å². The van der Waals surface area contributed by atoms with Crippen molar-refractivity contribution in [3.05, 3.63) is 24.3 Å². The Bertz CT molecular complexity index is 505. The maximum absolute atomic E-state index is 8.65. The van der Waals surface area contributed by atoms with Gasteiger partial charge >= 0.3 is 0 Å². The normalized spacial score (nSPS) is 9.33. The maximum Gasteiger partial charge on any atom is 0.224 e. The van der Waals surface area contributed by atoms with E-state index in [4.69, 9.17) is 33.1 Å². The monoisotopic (exact) mass is 250 g/mol. The molecule has 0 unspecified atom stereocenters. The molecule has 0 aliphatic carbocycles. The summed E-state index contributed by atoms with van der Waals surface area (Å²) in [5.74, 6) is 0.439. The first-order valence-electron chi connectivity index (χ1n) is 4.82. The van der Waals surface area contributed by atoms with Crippen molar-refractivity contribution in [2.24, 2.45) is 0 Å². The molecule has 1 aromatic carbocycles. The molecule has 2 aromatic rings. The topological polar surface area (TPSA) is 170 Å². The fourth-order valence-corrected chi connectivity index (χ4v) is 1.02. The molecule has 0 fully saturated rings. The summed E-state index contributed by atoms with van der Waals surface area (Å²) in [7, 11) is 0. The standard InChI is InChI=1S/C6H6O2.C4H8N6/c7-5-2-1-3-6(8)4-5;5-1-2(6)9-4(8)10-3(1)7/h1-4,7-8H;5H2,(H6,6,7,8,9,10). The largest absolute Gasteiger partial charge is 0.508 e. The lowest BCUT2D eigenvalue weighted by molar-refractivity contribution is 0.450. The lowest BCUT2D eigenvalue weighted by Crippen LogP contribution is -2.07. The molecule has 8 nitrogen and oxygen atoms in total. The zero-order valence-corrected chi connectivity index (χ0v) is 9.41. The van der Waals surface area contributed by atoms with E-state index in [-0.39, 0.29) is 34.8 Å². The van der Waals surface area contributed by atoms with E-state index in [1.165, 1.54) is 18.2 Å². The highest BCUT2D eigenvalue weighted by atomic mass is 16.3. The van der Waals surface area contributed by atoms with Crippen LogP contribution in [0.3, 0.4) is 0 Å². The van der Waals surface area contributed by atoms with Gasteiger partial charge in [0.25, 0.3) is 0 Å². The third-order valence-electron chi connectivity index (χ3n) is 1.85. The van der Waals surface area contributed by atoms with E-state index in [0.29, 0.717) is 0 Å². The van der Waals surface area contributed by atoms with Gasteiger partial charge in [0.05, 0.1) is 0 Å². The Morgan fingerprint density at radius 1 is 0.833 bits per heavy atom. The molecule has 2 rings (SSSR count). The molecule has 0 bridgehead atoms. The third-order valence-corrected chi connectivity index (χ3v) is 1.85. The maximum atomic E-state index is 8.65. The van der Waals surface area contributed by atoms with Gasteiger partial charge in [0.15, 0.2) is 11.6 Å². The molecule has 0 radical (unpaired) electrons. The quantitative estimate of drug-likeness (QED) is 0.376. The van der Waals surface area contributed by atoms with Crippen molar-refractivity contribution >= 4 is 23.3 Å². The molecule has 0 saturated carbocycles. The number of benzene rings is 1. The van der Waals surface area contributed by atoms with Crippen molar-refractivity contribution in [2.75, 3.05) is 22.9 Å². The second kappa shape index (κ2) is 5.43. The number of hydrogen-bond acceptors (Lipinski definition) is 8. The fourth-order valence-electron chi connectivity index (χ4n) is 1.02. The van der Waals surface area contributed by atoms with Crippen molar-refractivity contribution in [3.63, 3.8) is 0 Å². The van der Waals surface area contributed by atoms with E-state index < -0.39 is 0 Å². The first kappa shape index (κ1) is 13.2. The SMILES string of the molecule is Nc1nc(N)c(N)c(N)n1.Oc1cccc(O)c1. The second-order valence-corrected chi connectivity index (χ2v) is 3.29.